The SMILES string of the molecule is CC1CN(C(=O)CN2CCN(S(=O)(=O)N(C)C3CCCCC3)CC2)CCO1. The van der Waals surface area contributed by atoms with Crippen molar-refractivity contribution in [2.45, 2.75) is 51.2 Å². The van der Waals surface area contributed by atoms with Gasteiger partial charge in [0.1, 0.15) is 0 Å². The molecule has 2 aliphatic heterocycles. The molecule has 2 heterocycles. The van der Waals surface area contributed by atoms with E-state index in [9.17, 15) is 13.2 Å². The Labute approximate surface area is 163 Å². The minimum Gasteiger partial charge on any atom is -0.375 e. The number of piperazine rings is 1. The van der Waals surface area contributed by atoms with Crippen LogP contribution in [-0.4, -0.2) is 104 Å². The highest BCUT2D eigenvalue weighted by atomic mass is 32.2. The number of amides is 1. The number of carbonyl (C=O) groups is 1. The van der Waals surface area contributed by atoms with Crippen LogP contribution < -0.4 is 0 Å². The van der Waals surface area contributed by atoms with Gasteiger partial charge in [-0.1, -0.05) is 19.3 Å². The van der Waals surface area contributed by atoms with Crippen LogP contribution >= 0.6 is 0 Å². The third-order valence-corrected chi connectivity index (χ3v) is 8.11. The Balaban J connectivity index is 1.48. The van der Waals surface area contributed by atoms with E-state index in [1.54, 1.807) is 15.7 Å². The Morgan fingerprint density at radius 2 is 1.74 bits per heavy atom. The van der Waals surface area contributed by atoms with Crippen LogP contribution in [0.3, 0.4) is 0 Å². The quantitative estimate of drug-likeness (QED) is 0.664. The highest BCUT2D eigenvalue weighted by molar-refractivity contribution is 7.86. The Bertz CT molecular complexity index is 600. The summed E-state index contributed by atoms with van der Waals surface area (Å²) in [5.41, 5.74) is 0. The Kier molecular flexibility index (Phi) is 7.13. The monoisotopic (exact) mass is 402 g/mol. The van der Waals surface area contributed by atoms with Gasteiger partial charge in [-0.25, -0.2) is 0 Å². The van der Waals surface area contributed by atoms with E-state index in [0.717, 1.165) is 25.7 Å². The molecule has 1 amide bonds. The van der Waals surface area contributed by atoms with E-state index in [1.165, 1.54) is 6.42 Å². The van der Waals surface area contributed by atoms with Crippen molar-refractivity contribution in [2.24, 2.45) is 0 Å². The lowest BCUT2D eigenvalue weighted by molar-refractivity contribution is -0.139. The summed E-state index contributed by atoms with van der Waals surface area (Å²) in [7, 11) is -1.69. The first-order chi connectivity index (χ1) is 12.9. The summed E-state index contributed by atoms with van der Waals surface area (Å²) in [4.78, 5) is 16.4. The average Bonchev–Trinajstić information content (AvgIpc) is 2.68. The van der Waals surface area contributed by atoms with Gasteiger partial charge in [0.05, 0.1) is 19.3 Å². The van der Waals surface area contributed by atoms with E-state index < -0.39 is 10.2 Å². The molecule has 1 saturated carbocycles. The van der Waals surface area contributed by atoms with Crippen LogP contribution in [0.5, 0.6) is 0 Å². The van der Waals surface area contributed by atoms with Crippen molar-refractivity contribution in [2.75, 3.05) is 59.5 Å². The first kappa shape index (κ1) is 21.0. The number of carbonyl (C=O) groups excluding carboxylic acids is 1. The number of hydrogen-bond acceptors (Lipinski definition) is 5. The molecule has 0 aromatic rings. The van der Waals surface area contributed by atoms with E-state index in [-0.39, 0.29) is 18.1 Å². The van der Waals surface area contributed by atoms with Gasteiger partial charge in [0.2, 0.25) is 5.91 Å². The lowest BCUT2D eigenvalue weighted by Gasteiger charge is -2.39. The number of nitrogens with zero attached hydrogens (tertiary/aromatic N) is 4. The molecule has 0 spiro atoms. The van der Waals surface area contributed by atoms with Crippen molar-refractivity contribution in [1.82, 2.24) is 18.4 Å². The van der Waals surface area contributed by atoms with Crippen molar-refractivity contribution in [1.29, 1.82) is 0 Å². The second-order valence-electron chi connectivity index (χ2n) is 8.01. The maximum atomic E-state index is 12.9. The van der Waals surface area contributed by atoms with E-state index >= 15 is 0 Å². The molecule has 0 radical (unpaired) electrons. The van der Waals surface area contributed by atoms with Crippen LogP contribution in [0.15, 0.2) is 0 Å². The summed E-state index contributed by atoms with van der Waals surface area (Å²) in [6, 6.07) is 0.131. The first-order valence-electron chi connectivity index (χ1n) is 10.2. The molecular formula is C18H34N4O4S. The van der Waals surface area contributed by atoms with Crippen molar-refractivity contribution < 1.29 is 17.9 Å². The Hall–Kier alpha value is -0.740. The summed E-state index contributed by atoms with van der Waals surface area (Å²) >= 11 is 0. The summed E-state index contributed by atoms with van der Waals surface area (Å²) < 4.78 is 34.5. The van der Waals surface area contributed by atoms with Crippen LogP contribution in [0.2, 0.25) is 0 Å². The zero-order valence-corrected chi connectivity index (χ0v) is 17.5. The lowest BCUT2D eigenvalue weighted by Crippen LogP contribution is -2.56. The van der Waals surface area contributed by atoms with E-state index in [0.29, 0.717) is 52.4 Å². The predicted octanol–water partition coefficient (Wildman–Crippen LogP) is 0.361. The normalized spacial score (nSPS) is 27.2. The molecule has 27 heavy (non-hydrogen) atoms. The second kappa shape index (κ2) is 9.17. The number of ether oxygens (including phenoxy) is 1. The zero-order valence-electron chi connectivity index (χ0n) is 16.7. The fourth-order valence-electron chi connectivity index (χ4n) is 4.27. The van der Waals surface area contributed by atoms with Gasteiger partial charge in [-0.3, -0.25) is 9.69 Å². The predicted molar refractivity (Wildman–Crippen MR) is 104 cm³/mol. The van der Waals surface area contributed by atoms with Gasteiger partial charge in [0.15, 0.2) is 0 Å². The first-order valence-corrected chi connectivity index (χ1v) is 11.6. The second-order valence-corrected chi connectivity index (χ2v) is 10.0. The van der Waals surface area contributed by atoms with Gasteiger partial charge in [0, 0.05) is 52.4 Å². The van der Waals surface area contributed by atoms with Gasteiger partial charge in [-0.05, 0) is 19.8 Å². The van der Waals surface area contributed by atoms with Gasteiger partial charge in [-0.15, -0.1) is 0 Å². The topological polar surface area (TPSA) is 73.4 Å². The standard InChI is InChI=1S/C18H34N4O4S/c1-16-14-21(12-13-26-16)18(23)15-20-8-10-22(11-9-20)27(24,25)19(2)17-6-4-3-5-7-17/h16-17H,3-15H2,1-2H3. The summed E-state index contributed by atoms with van der Waals surface area (Å²) in [6.45, 7) is 6.31. The molecular weight excluding hydrogens is 368 g/mol. The maximum Gasteiger partial charge on any atom is 0.282 e. The van der Waals surface area contributed by atoms with Gasteiger partial charge in [0.25, 0.3) is 10.2 Å². The largest absolute Gasteiger partial charge is 0.375 e. The molecule has 156 valence electrons. The number of morpholine rings is 1. The lowest BCUT2D eigenvalue weighted by atomic mass is 9.96. The minimum atomic E-state index is -3.41. The van der Waals surface area contributed by atoms with Crippen molar-refractivity contribution in [3.8, 4) is 0 Å². The molecule has 2 saturated heterocycles. The Morgan fingerprint density at radius 1 is 1.07 bits per heavy atom. The van der Waals surface area contributed by atoms with Crippen LogP contribution in [0.4, 0.5) is 0 Å². The van der Waals surface area contributed by atoms with Crippen LogP contribution in [-0.2, 0) is 19.7 Å². The molecule has 0 bridgehead atoms. The minimum absolute atomic E-state index is 0.0833. The summed E-state index contributed by atoms with van der Waals surface area (Å²) in [6.07, 6.45) is 5.44. The fourth-order valence-corrected chi connectivity index (χ4v) is 5.85. The number of rotatable bonds is 5. The smallest absolute Gasteiger partial charge is 0.282 e. The van der Waals surface area contributed by atoms with Crippen molar-refractivity contribution in [3.05, 3.63) is 0 Å². The summed E-state index contributed by atoms with van der Waals surface area (Å²) in [5.74, 6) is 0.112. The van der Waals surface area contributed by atoms with Gasteiger partial charge >= 0.3 is 0 Å². The van der Waals surface area contributed by atoms with E-state index in [1.807, 2.05) is 11.8 Å². The molecule has 0 aromatic heterocycles. The third-order valence-electron chi connectivity index (χ3n) is 6.06. The highest BCUT2D eigenvalue weighted by Gasteiger charge is 2.35. The summed E-state index contributed by atoms with van der Waals surface area (Å²) in [5, 5.41) is 0. The fraction of sp³-hybridized carbons (Fsp3) is 0.944. The zero-order chi connectivity index (χ0) is 19.4. The van der Waals surface area contributed by atoms with Gasteiger partial charge < -0.3 is 9.64 Å². The average molecular weight is 403 g/mol. The van der Waals surface area contributed by atoms with Crippen LogP contribution in [0.25, 0.3) is 0 Å². The number of hydrogen-bond donors (Lipinski definition) is 0. The van der Waals surface area contributed by atoms with Crippen LogP contribution in [0, 0.1) is 0 Å². The Morgan fingerprint density at radius 3 is 2.37 bits per heavy atom. The third kappa shape index (κ3) is 5.20. The molecule has 1 unspecified atom stereocenters. The molecule has 3 aliphatic rings. The molecule has 8 nitrogen and oxygen atoms in total. The molecule has 3 fully saturated rings. The molecule has 1 atom stereocenters. The van der Waals surface area contributed by atoms with Crippen LogP contribution in [0.1, 0.15) is 39.0 Å². The van der Waals surface area contributed by atoms with E-state index in [2.05, 4.69) is 4.90 Å². The molecule has 9 heteroatoms. The van der Waals surface area contributed by atoms with Crippen molar-refractivity contribution in [3.63, 3.8) is 0 Å². The van der Waals surface area contributed by atoms with Crippen molar-refractivity contribution >= 4 is 16.1 Å². The molecule has 0 N–H and O–H groups in total. The maximum absolute atomic E-state index is 12.9. The van der Waals surface area contributed by atoms with Gasteiger partial charge in [-0.2, -0.15) is 17.0 Å². The molecule has 0 aromatic carbocycles. The van der Waals surface area contributed by atoms with E-state index in [4.69, 9.17) is 4.74 Å². The molecule has 3 rings (SSSR count). The molecule has 1 aliphatic carbocycles. The highest BCUT2D eigenvalue weighted by Crippen LogP contribution is 2.25.